The van der Waals surface area contributed by atoms with Crippen LogP contribution in [0.25, 0.3) is 11.1 Å². The van der Waals surface area contributed by atoms with Crippen molar-refractivity contribution in [3.63, 3.8) is 0 Å². The Morgan fingerprint density at radius 3 is 2.50 bits per heavy atom. The van der Waals surface area contributed by atoms with Gasteiger partial charge in [0.15, 0.2) is 11.6 Å². The maximum Gasteiger partial charge on any atom is 0.416 e. The lowest BCUT2D eigenvalue weighted by Crippen LogP contribution is -2.38. The van der Waals surface area contributed by atoms with Crippen molar-refractivity contribution in [3.05, 3.63) is 63.8 Å². The van der Waals surface area contributed by atoms with Crippen molar-refractivity contribution in [2.45, 2.75) is 12.6 Å². The van der Waals surface area contributed by atoms with Crippen LogP contribution in [-0.4, -0.2) is 42.2 Å². The van der Waals surface area contributed by atoms with Gasteiger partial charge in [0.05, 0.1) is 18.0 Å². The average Bonchev–Trinajstić information content (AvgIpc) is 2.74. The van der Waals surface area contributed by atoms with Gasteiger partial charge in [0.2, 0.25) is 16.0 Å². The van der Waals surface area contributed by atoms with Crippen LogP contribution in [-0.2, 0) is 22.6 Å². The van der Waals surface area contributed by atoms with Crippen LogP contribution >= 0.6 is 15.9 Å². The molecule has 8 nitrogen and oxygen atoms in total. The van der Waals surface area contributed by atoms with Crippen molar-refractivity contribution < 1.29 is 31.5 Å². The molecule has 1 aliphatic rings. The fourth-order valence-corrected chi connectivity index (χ4v) is 4.63. The number of hydrogen-bond donors (Lipinski definition) is 2. The minimum atomic E-state index is -4.46. The first kappa shape index (κ1) is 24.0. The van der Waals surface area contributed by atoms with E-state index >= 15 is 0 Å². The Hall–Kier alpha value is -3.19. The number of carbonyl (C=O) groups is 1. The molecule has 178 valence electrons. The van der Waals surface area contributed by atoms with Crippen LogP contribution in [0.5, 0.6) is 5.75 Å². The fourth-order valence-electron chi connectivity index (χ4n) is 3.52. The van der Waals surface area contributed by atoms with E-state index in [-0.39, 0.29) is 22.8 Å². The SMILES string of the molecule is CS(=O)(=O)Nc1nc(N2CCc3cc(-c4ccc(C(F)(F)F)cc4Br)ccc3C2=O)ncc1O. The van der Waals surface area contributed by atoms with Crippen LogP contribution in [0.2, 0.25) is 0 Å². The Balaban J connectivity index is 1.64. The quantitative estimate of drug-likeness (QED) is 0.498. The molecule has 0 spiro atoms. The van der Waals surface area contributed by atoms with E-state index in [9.17, 15) is 31.5 Å². The molecule has 1 aromatic heterocycles. The maximum absolute atomic E-state index is 13.1. The highest BCUT2D eigenvalue weighted by atomic mass is 79.9. The van der Waals surface area contributed by atoms with Crippen molar-refractivity contribution >= 4 is 43.6 Å². The van der Waals surface area contributed by atoms with Gasteiger partial charge in [0, 0.05) is 16.6 Å². The molecule has 34 heavy (non-hydrogen) atoms. The second-order valence-corrected chi connectivity index (χ2v) is 10.2. The van der Waals surface area contributed by atoms with E-state index < -0.39 is 33.4 Å². The van der Waals surface area contributed by atoms with Crippen molar-refractivity contribution in [2.75, 3.05) is 22.4 Å². The molecule has 4 rings (SSSR count). The van der Waals surface area contributed by atoms with Crippen LogP contribution in [0.1, 0.15) is 21.5 Å². The molecule has 0 saturated carbocycles. The van der Waals surface area contributed by atoms with Gasteiger partial charge in [-0.3, -0.25) is 14.4 Å². The first-order valence-electron chi connectivity index (χ1n) is 9.69. The molecule has 2 N–H and O–H groups in total. The number of benzene rings is 2. The van der Waals surface area contributed by atoms with Gasteiger partial charge >= 0.3 is 6.18 Å². The molecule has 1 aliphatic heterocycles. The molecule has 0 saturated heterocycles. The molecule has 0 fully saturated rings. The van der Waals surface area contributed by atoms with E-state index in [2.05, 4.69) is 30.6 Å². The van der Waals surface area contributed by atoms with Crippen LogP contribution in [0.15, 0.2) is 47.1 Å². The number of halogens is 4. The monoisotopic (exact) mass is 556 g/mol. The number of hydrogen-bond acceptors (Lipinski definition) is 6. The summed E-state index contributed by atoms with van der Waals surface area (Å²) in [5.74, 6) is -1.37. The zero-order chi connectivity index (χ0) is 24.8. The van der Waals surface area contributed by atoms with Gasteiger partial charge in [0.1, 0.15) is 0 Å². The number of rotatable bonds is 4. The summed E-state index contributed by atoms with van der Waals surface area (Å²) in [5, 5.41) is 9.82. The summed E-state index contributed by atoms with van der Waals surface area (Å²) in [6, 6.07) is 8.31. The summed E-state index contributed by atoms with van der Waals surface area (Å²) in [7, 11) is -3.72. The Labute approximate surface area is 200 Å². The first-order chi connectivity index (χ1) is 15.8. The standard InChI is InChI=1S/C21H16BrF3N4O4S/c1-34(32,33)28-18-17(30)10-26-20(27-18)29-7-6-12-8-11(2-4-15(12)19(29)31)14-5-3-13(9-16(14)22)21(23,24)25/h2-5,8-10,30H,6-7H2,1H3,(H,26,27,28). The lowest BCUT2D eigenvalue weighted by Gasteiger charge is -2.27. The molecule has 2 heterocycles. The number of carbonyl (C=O) groups excluding carboxylic acids is 1. The minimum Gasteiger partial charge on any atom is -0.503 e. The van der Waals surface area contributed by atoms with Gasteiger partial charge < -0.3 is 5.11 Å². The third kappa shape index (κ3) is 4.85. The van der Waals surface area contributed by atoms with Crippen molar-refractivity contribution in [1.82, 2.24) is 9.97 Å². The number of fused-ring (bicyclic) bond motifs is 1. The van der Waals surface area contributed by atoms with E-state index in [1.54, 1.807) is 18.2 Å². The molecule has 3 aromatic rings. The number of amides is 1. The molecular weight excluding hydrogens is 541 g/mol. The molecule has 0 bridgehead atoms. The Morgan fingerprint density at radius 1 is 1.15 bits per heavy atom. The molecule has 13 heteroatoms. The van der Waals surface area contributed by atoms with Gasteiger partial charge in [-0.2, -0.15) is 18.2 Å². The van der Waals surface area contributed by atoms with Gasteiger partial charge in [-0.05, 0) is 41.3 Å². The van der Waals surface area contributed by atoms with E-state index in [0.717, 1.165) is 24.6 Å². The average molecular weight is 557 g/mol. The fraction of sp³-hybridized carbons (Fsp3) is 0.190. The summed E-state index contributed by atoms with van der Waals surface area (Å²) in [5.41, 5.74) is 1.46. The summed E-state index contributed by atoms with van der Waals surface area (Å²) in [4.78, 5) is 22.2. The summed E-state index contributed by atoms with van der Waals surface area (Å²) < 4.78 is 64.2. The third-order valence-electron chi connectivity index (χ3n) is 5.07. The van der Waals surface area contributed by atoms with Crippen molar-refractivity contribution in [2.24, 2.45) is 0 Å². The molecule has 0 unspecified atom stereocenters. The predicted molar refractivity (Wildman–Crippen MR) is 122 cm³/mol. The number of sulfonamides is 1. The van der Waals surface area contributed by atoms with Gasteiger partial charge in [-0.1, -0.05) is 34.1 Å². The molecular formula is C21H16BrF3N4O4S. The topological polar surface area (TPSA) is 112 Å². The maximum atomic E-state index is 13.1. The van der Waals surface area contributed by atoms with Crippen LogP contribution < -0.4 is 9.62 Å². The van der Waals surface area contributed by atoms with Gasteiger partial charge in [0.25, 0.3) is 5.91 Å². The molecule has 2 aromatic carbocycles. The molecule has 1 amide bonds. The van der Waals surface area contributed by atoms with Gasteiger partial charge in [-0.15, -0.1) is 0 Å². The summed E-state index contributed by atoms with van der Waals surface area (Å²) in [6.45, 7) is 0.173. The van der Waals surface area contributed by atoms with E-state index in [1.165, 1.54) is 11.0 Å². The minimum absolute atomic E-state index is 0.0887. The highest BCUT2D eigenvalue weighted by Gasteiger charge is 2.31. The lowest BCUT2D eigenvalue weighted by atomic mass is 9.94. The van der Waals surface area contributed by atoms with E-state index in [1.807, 2.05) is 0 Å². The Bertz CT molecular complexity index is 1410. The number of aromatic nitrogens is 2. The molecule has 0 radical (unpaired) electrons. The first-order valence-corrected chi connectivity index (χ1v) is 12.4. The smallest absolute Gasteiger partial charge is 0.416 e. The lowest BCUT2D eigenvalue weighted by molar-refractivity contribution is -0.137. The summed E-state index contributed by atoms with van der Waals surface area (Å²) >= 11 is 3.20. The summed E-state index contributed by atoms with van der Waals surface area (Å²) in [6.07, 6.45) is -2.18. The second kappa shape index (κ2) is 8.55. The predicted octanol–water partition coefficient (Wildman–Crippen LogP) is 4.20. The normalized spacial score (nSPS) is 14.1. The Morgan fingerprint density at radius 2 is 1.85 bits per heavy atom. The number of alkyl halides is 3. The zero-order valence-corrected chi connectivity index (χ0v) is 19.8. The van der Waals surface area contributed by atoms with E-state index in [4.69, 9.17) is 0 Å². The third-order valence-corrected chi connectivity index (χ3v) is 6.29. The highest BCUT2D eigenvalue weighted by molar-refractivity contribution is 9.10. The molecule has 0 atom stereocenters. The number of nitrogens with one attached hydrogen (secondary N) is 1. The highest BCUT2D eigenvalue weighted by Crippen LogP contribution is 2.37. The Kier molecular flexibility index (Phi) is 6.02. The van der Waals surface area contributed by atoms with Crippen LogP contribution in [0.4, 0.5) is 24.9 Å². The van der Waals surface area contributed by atoms with Crippen LogP contribution in [0.3, 0.4) is 0 Å². The van der Waals surface area contributed by atoms with Crippen LogP contribution in [0, 0.1) is 0 Å². The largest absolute Gasteiger partial charge is 0.503 e. The second-order valence-electron chi connectivity index (χ2n) is 7.55. The zero-order valence-electron chi connectivity index (χ0n) is 17.4. The molecule has 0 aliphatic carbocycles. The number of nitrogens with zero attached hydrogens (tertiary/aromatic N) is 3. The van der Waals surface area contributed by atoms with Crippen molar-refractivity contribution in [3.8, 4) is 16.9 Å². The number of anilines is 2. The van der Waals surface area contributed by atoms with E-state index in [0.29, 0.717) is 28.7 Å². The number of aromatic hydroxyl groups is 1. The van der Waals surface area contributed by atoms with Crippen molar-refractivity contribution in [1.29, 1.82) is 0 Å². The van der Waals surface area contributed by atoms with Gasteiger partial charge in [-0.25, -0.2) is 13.4 Å².